The van der Waals surface area contributed by atoms with E-state index in [0.29, 0.717) is 16.6 Å². The number of carbonyl (C=O) groups excluding carboxylic acids is 2. The SMILES string of the molecule is CSc1ccc(Cl)c(C(=O)OCC(=O)c2cc(C)n(C3CC3)c2C)c1. The summed E-state index contributed by atoms with van der Waals surface area (Å²) in [6.45, 7) is 3.66. The van der Waals surface area contributed by atoms with Gasteiger partial charge in [-0.3, -0.25) is 4.79 Å². The number of aromatic nitrogens is 1. The van der Waals surface area contributed by atoms with E-state index in [1.165, 1.54) is 11.8 Å². The third kappa shape index (κ3) is 3.77. The third-order valence-corrected chi connectivity index (χ3v) is 5.48. The molecule has 4 nitrogen and oxygen atoms in total. The van der Waals surface area contributed by atoms with Crippen LogP contribution in [0.4, 0.5) is 0 Å². The molecule has 0 amide bonds. The summed E-state index contributed by atoms with van der Waals surface area (Å²) in [4.78, 5) is 25.7. The maximum atomic E-state index is 12.5. The van der Waals surface area contributed by atoms with Crippen molar-refractivity contribution in [1.82, 2.24) is 4.57 Å². The summed E-state index contributed by atoms with van der Waals surface area (Å²) in [5.74, 6) is -0.768. The first-order valence-corrected chi connectivity index (χ1v) is 9.75. The fourth-order valence-electron chi connectivity index (χ4n) is 3.03. The third-order valence-electron chi connectivity index (χ3n) is 4.42. The first-order valence-electron chi connectivity index (χ1n) is 8.14. The molecule has 0 spiro atoms. The molecule has 1 heterocycles. The largest absolute Gasteiger partial charge is 0.454 e. The van der Waals surface area contributed by atoms with Crippen LogP contribution in [-0.2, 0) is 4.74 Å². The molecule has 1 aromatic carbocycles. The molecular weight excluding hydrogens is 358 g/mol. The first-order chi connectivity index (χ1) is 11.9. The molecule has 2 aromatic rings. The van der Waals surface area contributed by atoms with Crippen LogP contribution in [0.25, 0.3) is 0 Å². The fraction of sp³-hybridized carbons (Fsp3) is 0.368. The lowest BCUT2D eigenvalue weighted by atomic mass is 10.1. The van der Waals surface area contributed by atoms with Crippen molar-refractivity contribution in [2.45, 2.75) is 37.6 Å². The van der Waals surface area contributed by atoms with Crippen LogP contribution in [0.1, 0.15) is 51.0 Å². The van der Waals surface area contributed by atoms with Gasteiger partial charge in [-0.15, -0.1) is 11.8 Å². The van der Waals surface area contributed by atoms with Gasteiger partial charge < -0.3 is 9.30 Å². The van der Waals surface area contributed by atoms with Gasteiger partial charge in [0.15, 0.2) is 6.61 Å². The van der Waals surface area contributed by atoms with E-state index in [1.807, 2.05) is 32.2 Å². The minimum atomic E-state index is -0.578. The predicted octanol–water partition coefficient (Wildman–Crippen LogP) is 4.85. The monoisotopic (exact) mass is 377 g/mol. The van der Waals surface area contributed by atoms with Gasteiger partial charge >= 0.3 is 5.97 Å². The van der Waals surface area contributed by atoms with Gasteiger partial charge in [0.2, 0.25) is 5.78 Å². The number of benzene rings is 1. The van der Waals surface area contributed by atoms with E-state index < -0.39 is 5.97 Å². The second-order valence-corrected chi connectivity index (χ2v) is 7.52. The van der Waals surface area contributed by atoms with Crippen LogP contribution < -0.4 is 0 Å². The van der Waals surface area contributed by atoms with Crippen molar-refractivity contribution in [1.29, 1.82) is 0 Å². The summed E-state index contributed by atoms with van der Waals surface area (Å²) >= 11 is 7.58. The van der Waals surface area contributed by atoms with Gasteiger partial charge in [-0.05, 0) is 57.2 Å². The summed E-state index contributed by atoms with van der Waals surface area (Å²) < 4.78 is 7.42. The highest BCUT2D eigenvalue weighted by Crippen LogP contribution is 2.38. The number of esters is 1. The molecule has 0 atom stereocenters. The number of hydrogen-bond acceptors (Lipinski definition) is 4. The summed E-state index contributed by atoms with van der Waals surface area (Å²) in [7, 11) is 0. The Morgan fingerprint density at radius 2 is 1.96 bits per heavy atom. The number of carbonyl (C=O) groups is 2. The molecule has 0 N–H and O–H groups in total. The Kier molecular flexibility index (Phi) is 5.25. The van der Waals surface area contributed by atoms with Crippen LogP contribution in [-0.4, -0.2) is 29.2 Å². The second kappa shape index (κ2) is 7.26. The molecule has 0 radical (unpaired) electrons. The maximum Gasteiger partial charge on any atom is 0.340 e. The number of thioether (sulfide) groups is 1. The smallest absolute Gasteiger partial charge is 0.340 e. The summed E-state index contributed by atoms with van der Waals surface area (Å²) in [5.41, 5.74) is 2.93. The number of aryl methyl sites for hydroxylation is 1. The van der Waals surface area contributed by atoms with Crippen molar-refractivity contribution in [2.24, 2.45) is 0 Å². The lowest BCUT2D eigenvalue weighted by Crippen LogP contribution is -2.15. The topological polar surface area (TPSA) is 48.3 Å². The van der Waals surface area contributed by atoms with Gasteiger partial charge in [0.05, 0.1) is 10.6 Å². The zero-order chi connectivity index (χ0) is 18.1. The normalized spacial score (nSPS) is 13.8. The molecular formula is C19H20ClNO3S. The number of Topliss-reactive ketones (excluding diaryl/α,β-unsaturated/α-hetero) is 1. The molecule has 0 saturated heterocycles. The Labute approximate surface area is 156 Å². The molecule has 6 heteroatoms. The minimum absolute atomic E-state index is 0.189. The van der Waals surface area contributed by atoms with Gasteiger partial charge in [-0.25, -0.2) is 4.79 Å². The number of hydrogen-bond donors (Lipinski definition) is 0. The lowest BCUT2D eigenvalue weighted by Gasteiger charge is -2.09. The molecule has 0 bridgehead atoms. The second-order valence-electron chi connectivity index (χ2n) is 6.23. The van der Waals surface area contributed by atoms with Crippen molar-refractivity contribution in [3.8, 4) is 0 Å². The van der Waals surface area contributed by atoms with E-state index in [-0.39, 0.29) is 18.0 Å². The molecule has 1 fully saturated rings. The van der Waals surface area contributed by atoms with Crippen LogP contribution in [0.15, 0.2) is 29.2 Å². The highest BCUT2D eigenvalue weighted by Gasteiger charge is 2.28. The average molecular weight is 378 g/mol. The Morgan fingerprint density at radius 1 is 1.24 bits per heavy atom. The zero-order valence-corrected chi connectivity index (χ0v) is 16.0. The number of ketones is 1. The summed E-state index contributed by atoms with van der Waals surface area (Å²) in [5, 5.41) is 0.321. The fourth-order valence-corrected chi connectivity index (χ4v) is 3.66. The van der Waals surface area contributed by atoms with E-state index in [4.69, 9.17) is 16.3 Å². The van der Waals surface area contributed by atoms with Crippen LogP contribution in [0.5, 0.6) is 0 Å². The number of halogens is 1. The van der Waals surface area contributed by atoms with Gasteiger partial charge in [0.25, 0.3) is 0 Å². The molecule has 132 valence electrons. The quantitative estimate of drug-likeness (QED) is 0.410. The van der Waals surface area contributed by atoms with Gasteiger partial charge in [-0.2, -0.15) is 0 Å². The number of ether oxygens (including phenoxy) is 1. The van der Waals surface area contributed by atoms with Crippen molar-refractivity contribution in [3.05, 3.63) is 51.8 Å². The van der Waals surface area contributed by atoms with E-state index in [9.17, 15) is 9.59 Å². The summed E-state index contributed by atoms with van der Waals surface area (Å²) in [6.07, 6.45) is 4.23. The lowest BCUT2D eigenvalue weighted by molar-refractivity contribution is 0.0474. The van der Waals surface area contributed by atoms with E-state index in [0.717, 1.165) is 29.1 Å². The van der Waals surface area contributed by atoms with Crippen molar-refractivity contribution in [3.63, 3.8) is 0 Å². The summed E-state index contributed by atoms with van der Waals surface area (Å²) in [6, 6.07) is 7.57. The van der Waals surface area contributed by atoms with Crippen molar-refractivity contribution in [2.75, 3.05) is 12.9 Å². The van der Waals surface area contributed by atoms with Gasteiger partial charge in [0.1, 0.15) is 0 Å². The molecule has 3 rings (SSSR count). The van der Waals surface area contributed by atoms with E-state index >= 15 is 0 Å². The Morgan fingerprint density at radius 3 is 2.60 bits per heavy atom. The minimum Gasteiger partial charge on any atom is -0.454 e. The van der Waals surface area contributed by atoms with Gasteiger partial charge in [0, 0.05) is 27.9 Å². The number of nitrogens with zero attached hydrogens (tertiary/aromatic N) is 1. The van der Waals surface area contributed by atoms with Gasteiger partial charge in [-0.1, -0.05) is 11.6 Å². The Balaban J connectivity index is 1.70. The van der Waals surface area contributed by atoms with Crippen LogP contribution in [0.2, 0.25) is 5.02 Å². The predicted molar refractivity (Wildman–Crippen MR) is 100 cm³/mol. The molecule has 0 aliphatic heterocycles. The average Bonchev–Trinajstić information content (AvgIpc) is 3.38. The molecule has 1 aliphatic rings. The highest BCUT2D eigenvalue weighted by atomic mass is 35.5. The Bertz CT molecular complexity index is 839. The molecule has 1 aromatic heterocycles. The van der Waals surface area contributed by atoms with E-state index in [1.54, 1.807) is 12.1 Å². The van der Waals surface area contributed by atoms with Crippen LogP contribution in [0, 0.1) is 13.8 Å². The van der Waals surface area contributed by atoms with E-state index in [2.05, 4.69) is 4.57 Å². The highest BCUT2D eigenvalue weighted by molar-refractivity contribution is 7.98. The molecule has 25 heavy (non-hydrogen) atoms. The van der Waals surface area contributed by atoms with Crippen LogP contribution >= 0.6 is 23.4 Å². The van der Waals surface area contributed by atoms with Crippen molar-refractivity contribution < 1.29 is 14.3 Å². The molecule has 1 saturated carbocycles. The first kappa shape index (κ1) is 18.1. The molecule has 1 aliphatic carbocycles. The number of rotatable bonds is 6. The standard InChI is InChI=1S/C19H20ClNO3S/c1-11-8-15(12(2)21(11)13-4-5-13)18(22)10-24-19(23)16-9-14(25-3)6-7-17(16)20/h6-9,13H,4-5,10H2,1-3H3. The maximum absolute atomic E-state index is 12.5. The van der Waals surface area contributed by atoms with Crippen molar-refractivity contribution >= 4 is 35.1 Å². The molecule has 0 unspecified atom stereocenters. The van der Waals surface area contributed by atoms with Crippen LogP contribution in [0.3, 0.4) is 0 Å². The Hall–Kier alpha value is -1.72. The zero-order valence-electron chi connectivity index (χ0n) is 14.5.